The molecule has 4 rings (SSSR count). The highest BCUT2D eigenvalue weighted by atomic mass is 16.2. The molecule has 1 saturated carbocycles. The molecule has 124 valence electrons. The summed E-state index contributed by atoms with van der Waals surface area (Å²) in [5, 5.41) is 5.98. The van der Waals surface area contributed by atoms with E-state index in [-0.39, 0.29) is 17.6 Å². The second-order valence-corrected chi connectivity index (χ2v) is 6.87. The van der Waals surface area contributed by atoms with Gasteiger partial charge in [0.2, 0.25) is 0 Å². The Hall–Kier alpha value is -2.56. The van der Waals surface area contributed by atoms with E-state index in [9.17, 15) is 9.59 Å². The maximum absolute atomic E-state index is 12.4. The molecule has 2 aliphatic carbocycles. The number of aromatic nitrogens is 1. The zero-order valence-electron chi connectivity index (χ0n) is 13.9. The van der Waals surface area contributed by atoms with E-state index in [0.717, 1.165) is 18.4 Å². The van der Waals surface area contributed by atoms with E-state index < -0.39 is 0 Å². The Morgan fingerprint density at radius 1 is 1.29 bits per heavy atom. The fourth-order valence-electron chi connectivity index (χ4n) is 3.93. The number of hydrogen-bond acceptors (Lipinski definition) is 2. The van der Waals surface area contributed by atoms with Gasteiger partial charge in [-0.05, 0) is 42.4 Å². The number of pyridine rings is 1. The number of nitrogens with one attached hydrogen (secondary N) is 2. The SMILES string of the molecule is Cc1cc(=O)n(C)cc1NC(=O)N[C@@H]1[C@@H]2CCc3ccccc3[C@H]21. The maximum Gasteiger partial charge on any atom is 0.319 e. The van der Waals surface area contributed by atoms with Crippen molar-refractivity contribution < 1.29 is 4.79 Å². The second-order valence-electron chi connectivity index (χ2n) is 6.87. The van der Waals surface area contributed by atoms with Crippen LogP contribution < -0.4 is 16.2 Å². The number of anilines is 1. The third-order valence-electron chi connectivity index (χ3n) is 5.31. The summed E-state index contributed by atoms with van der Waals surface area (Å²) in [7, 11) is 1.68. The van der Waals surface area contributed by atoms with Gasteiger partial charge < -0.3 is 15.2 Å². The van der Waals surface area contributed by atoms with Crippen LogP contribution in [0.3, 0.4) is 0 Å². The molecule has 5 nitrogen and oxygen atoms in total. The molecule has 1 aromatic heterocycles. The van der Waals surface area contributed by atoms with Gasteiger partial charge in [0.1, 0.15) is 0 Å². The fourth-order valence-corrected chi connectivity index (χ4v) is 3.93. The lowest BCUT2D eigenvalue weighted by Crippen LogP contribution is -2.32. The largest absolute Gasteiger partial charge is 0.334 e. The topological polar surface area (TPSA) is 63.1 Å². The molecular weight excluding hydrogens is 302 g/mol. The van der Waals surface area contributed by atoms with Crippen LogP contribution in [0.5, 0.6) is 0 Å². The third kappa shape index (κ3) is 2.50. The number of carbonyl (C=O) groups excluding carboxylic acids is 1. The van der Waals surface area contributed by atoms with E-state index in [2.05, 4.69) is 34.9 Å². The molecule has 3 atom stereocenters. The van der Waals surface area contributed by atoms with Crippen LogP contribution in [0, 0.1) is 12.8 Å². The Morgan fingerprint density at radius 2 is 2.08 bits per heavy atom. The van der Waals surface area contributed by atoms with E-state index in [1.54, 1.807) is 13.2 Å². The molecule has 0 aliphatic heterocycles. The van der Waals surface area contributed by atoms with Crippen molar-refractivity contribution in [1.29, 1.82) is 0 Å². The molecule has 2 aromatic rings. The molecule has 0 radical (unpaired) electrons. The number of urea groups is 1. The van der Waals surface area contributed by atoms with Crippen LogP contribution in [-0.2, 0) is 13.5 Å². The number of aryl methyl sites for hydroxylation is 3. The fraction of sp³-hybridized carbons (Fsp3) is 0.368. The summed E-state index contributed by atoms with van der Waals surface area (Å²) >= 11 is 0. The number of carbonyl (C=O) groups is 1. The van der Waals surface area contributed by atoms with Crippen molar-refractivity contribution in [2.45, 2.75) is 31.7 Å². The molecule has 1 heterocycles. The Labute approximate surface area is 140 Å². The molecule has 2 N–H and O–H groups in total. The monoisotopic (exact) mass is 323 g/mol. The summed E-state index contributed by atoms with van der Waals surface area (Å²) in [6, 6.07) is 10.1. The van der Waals surface area contributed by atoms with Crippen LogP contribution in [0.1, 0.15) is 29.0 Å². The van der Waals surface area contributed by atoms with Crippen molar-refractivity contribution in [3.63, 3.8) is 0 Å². The lowest BCUT2D eigenvalue weighted by atomic mass is 9.92. The van der Waals surface area contributed by atoms with Gasteiger partial charge in [-0.1, -0.05) is 24.3 Å². The zero-order valence-corrected chi connectivity index (χ0v) is 13.9. The highest BCUT2D eigenvalue weighted by molar-refractivity contribution is 5.90. The average Bonchev–Trinajstić information content (AvgIpc) is 3.26. The first-order valence-corrected chi connectivity index (χ1v) is 8.37. The van der Waals surface area contributed by atoms with Gasteiger partial charge in [0.05, 0.1) is 5.69 Å². The molecule has 2 aliphatic rings. The Kier molecular flexibility index (Phi) is 3.44. The first-order chi connectivity index (χ1) is 11.5. The first-order valence-electron chi connectivity index (χ1n) is 8.37. The molecule has 5 heteroatoms. The number of nitrogens with zero attached hydrogens (tertiary/aromatic N) is 1. The highest BCUT2D eigenvalue weighted by Crippen LogP contribution is 2.54. The zero-order chi connectivity index (χ0) is 16.8. The van der Waals surface area contributed by atoms with E-state index in [1.165, 1.54) is 21.8 Å². The van der Waals surface area contributed by atoms with Crippen molar-refractivity contribution in [3.8, 4) is 0 Å². The molecular formula is C19H21N3O2. The quantitative estimate of drug-likeness (QED) is 0.892. The van der Waals surface area contributed by atoms with Gasteiger partial charge in [0, 0.05) is 31.3 Å². The van der Waals surface area contributed by atoms with Crippen LogP contribution in [0.4, 0.5) is 10.5 Å². The molecule has 0 saturated heterocycles. The Balaban J connectivity index is 1.45. The molecule has 1 fully saturated rings. The van der Waals surface area contributed by atoms with Gasteiger partial charge >= 0.3 is 6.03 Å². The van der Waals surface area contributed by atoms with E-state index >= 15 is 0 Å². The number of amides is 2. The smallest absolute Gasteiger partial charge is 0.319 e. The third-order valence-corrected chi connectivity index (χ3v) is 5.31. The standard InChI is InChI=1S/C19H21N3O2/c1-11-9-16(23)22(2)10-15(11)20-19(24)21-18-14-8-7-12-5-3-4-6-13(12)17(14)18/h3-6,9-10,14,17-18H,7-8H2,1-2H3,(H2,20,21,24)/t14-,17-,18-/m1/s1. The Morgan fingerprint density at radius 3 is 2.92 bits per heavy atom. The number of hydrogen-bond donors (Lipinski definition) is 2. The number of rotatable bonds is 2. The Bertz CT molecular complexity index is 871. The first kappa shape index (κ1) is 15.0. The summed E-state index contributed by atoms with van der Waals surface area (Å²) in [5.41, 5.74) is 4.16. The summed E-state index contributed by atoms with van der Waals surface area (Å²) in [6.45, 7) is 1.82. The normalized spacial score (nSPS) is 23.8. The second kappa shape index (κ2) is 5.51. The van der Waals surface area contributed by atoms with Gasteiger partial charge in [0.15, 0.2) is 0 Å². The highest BCUT2D eigenvalue weighted by Gasteiger charge is 2.53. The summed E-state index contributed by atoms with van der Waals surface area (Å²) in [5.74, 6) is 0.994. The lowest BCUT2D eigenvalue weighted by Gasteiger charge is -2.13. The van der Waals surface area contributed by atoms with Crippen LogP contribution in [0.25, 0.3) is 0 Å². The van der Waals surface area contributed by atoms with Gasteiger partial charge in [0.25, 0.3) is 5.56 Å². The van der Waals surface area contributed by atoms with Gasteiger partial charge in [-0.3, -0.25) is 4.79 Å². The molecule has 1 aromatic carbocycles. The van der Waals surface area contributed by atoms with Crippen LogP contribution in [0.15, 0.2) is 41.3 Å². The van der Waals surface area contributed by atoms with Crippen molar-refractivity contribution in [2.24, 2.45) is 13.0 Å². The minimum atomic E-state index is -0.200. The van der Waals surface area contributed by atoms with E-state index in [1.807, 2.05) is 6.92 Å². The van der Waals surface area contributed by atoms with Crippen LogP contribution in [-0.4, -0.2) is 16.6 Å². The maximum atomic E-state index is 12.4. The van der Waals surface area contributed by atoms with E-state index in [4.69, 9.17) is 0 Å². The van der Waals surface area contributed by atoms with Crippen LogP contribution >= 0.6 is 0 Å². The minimum absolute atomic E-state index is 0.0803. The summed E-state index contributed by atoms with van der Waals surface area (Å²) < 4.78 is 1.47. The summed E-state index contributed by atoms with van der Waals surface area (Å²) in [4.78, 5) is 23.9. The molecule has 0 unspecified atom stereocenters. The minimum Gasteiger partial charge on any atom is -0.334 e. The van der Waals surface area contributed by atoms with Gasteiger partial charge in [-0.2, -0.15) is 0 Å². The molecule has 2 amide bonds. The van der Waals surface area contributed by atoms with Crippen molar-refractivity contribution in [2.75, 3.05) is 5.32 Å². The molecule has 0 bridgehead atoms. The van der Waals surface area contributed by atoms with Crippen molar-refractivity contribution in [3.05, 3.63) is 63.6 Å². The lowest BCUT2D eigenvalue weighted by molar-refractivity contribution is 0.251. The predicted molar refractivity (Wildman–Crippen MR) is 93.4 cm³/mol. The average molecular weight is 323 g/mol. The van der Waals surface area contributed by atoms with Gasteiger partial charge in [-0.15, -0.1) is 0 Å². The van der Waals surface area contributed by atoms with Crippen molar-refractivity contribution >= 4 is 11.7 Å². The van der Waals surface area contributed by atoms with E-state index in [0.29, 0.717) is 17.5 Å². The number of fused-ring (bicyclic) bond motifs is 3. The molecule has 24 heavy (non-hydrogen) atoms. The molecule has 0 spiro atoms. The van der Waals surface area contributed by atoms with Crippen LogP contribution in [0.2, 0.25) is 0 Å². The number of benzene rings is 1. The summed E-state index contributed by atoms with van der Waals surface area (Å²) in [6.07, 6.45) is 3.88. The van der Waals surface area contributed by atoms with Crippen molar-refractivity contribution in [1.82, 2.24) is 9.88 Å². The van der Waals surface area contributed by atoms with Gasteiger partial charge in [-0.25, -0.2) is 4.79 Å². The predicted octanol–water partition coefficient (Wildman–Crippen LogP) is 2.54.